The number of benzene rings is 1. The molecule has 1 unspecified atom stereocenters. The lowest BCUT2D eigenvalue weighted by atomic mass is 9.76. The number of methoxy groups -OCH3 is 1. The van der Waals surface area contributed by atoms with E-state index in [9.17, 15) is 19.1 Å². The minimum absolute atomic E-state index is 0.0284. The summed E-state index contributed by atoms with van der Waals surface area (Å²) in [6.07, 6.45) is 2.12. The second-order valence-corrected chi connectivity index (χ2v) is 7.09. The van der Waals surface area contributed by atoms with Crippen molar-refractivity contribution in [3.8, 4) is 5.75 Å². The van der Waals surface area contributed by atoms with Crippen LogP contribution in [-0.2, 0) is 4.79 Å². The maximum absolute atomic E-state index is 13.8. The summed E-state index contributed by atoms with van der Waals surface area (Å²) in [6, 6.07) is 3.88. The highest BCUT2D eigenvalue weighted by Gasteiger charge is 2.47. The number of carboxylic acid groups (broad SMARTS) is 1. The van der Waals surface area contributed by atoms with Crippen LogP contribution < -0.4 is 4.74 Å². The van der Waals surface area contributed by atoms with Gasteiger partial charge < -0.3 is 14.7 Å². The normalized spacial score (nSPS) is 23.0. The average molecular weight is 350 g/mol. The smallest absolute Gasteiger partial charge is 0.320 e. The van der Waals surface area contributed by atoms with Gasteiger partial charge in [-0.05, 0) is 43.9 Å². The first-order valence-electron chi connectivity index (χ1n) is 8.42. The molecule has 3 rings (SSSR count). The van der Waals surface area contributed by atoms with Crippen molar-refractivity contribution < 1.29 is 23.8 Å². The topological polar surface area (TPSA) is 70.1 Å². The molecule has 2 aliphatic rings. The van der Waals surface area contributed by atoms with Crippen LogP contribution in [0.4, 0.5) is 4.39 Å². The lowest BCUT2D eigenvalue weighted by molar-refractivity contribution is -0.141. The van der Waals surface area contributed by atoms with Gasteiger partial charge in [0.25, 0.3) is 5.91 Å². The predicted molar refractivity (Wildman–Crippen MR) is 89.2 cm³/mol. The molecular formula is C18H23FN2O4. The van der Waals surface area contributed by atoms with Gasteiger partial charge in [-0.25, -0.2) is 4.39 Å². The van der Waals surface area contributed by atoms with Gasteiger partial charge in [0.15, 0.2) is 11.6 Å². The van der Waals surface area contributed by atoms with Gasteiger partial charge in [-0.3, -0.25) is 14.5 Å². The van der Waals surface area contributed by atoms with Crippen molar-refractivity contribution in [3.63, 3.8) is 0 Å². The molecule has 1 aromatic carbocycles. The molecule has 2 heterocycles. The summed E-state index contributed by atoms with van der Waals surface area (Å²) in [6.45, 7) is 1.81. The van der Waals surface area contributed by atoms with Crippen LogP contribution >= 0.6 is 0 Å². The fourth-order valence-corrected chi connectivity index (χ4v) is 4.15. The predicted octanol–water partition coefficient (Wildman–Crippen LogP) is 1.85. The number of nitrogens with zero attached hydrogens (tertiary/aromatic N) is 2. The summed E-state index contributed by atoms with van der Waals surface area (Å²) in [5.41, 5.74) is 0.172. The Morgan fingerprint density at radius 2 is 2.00 bits per heavy atom. The monoisotopic (exact) mass is 350 g/mol. The Bertz CT molecular complexity index is 686. The molecule has 7 heteroatoms. The molecule has 1 amide bonds. The molecule has 1 atom stereocenters. The summed E-state index contributed by atoms with van der Waals surface area (Å²) in [5, 5.41) is 9.31. The van der Waals surface area contributed by atoms with E-state index in [0.717, 1.165) is 19.4 Å². The van der Waals surface area contributed by atoms with E-state index in [1.807, 2.05) is 11.9 Å². The van der Waals surface area contributed by atoms with E-state index in [1.54, 1.807) is 11.0 Å². The molecular weight excluding hydrogens is 327 g/mol. The van der Waals surface area contributed by atoms with E-state index in [1.165, 1.54) is 19.2 Å². The number of para-hydroxylation sites is 1. The summed E-state index contributed by atoms with van der Waals surface area (Å²) in [4.78, 5) is 27.7. The number of ether oxygens (including phenoxy) is 1. The summed E-state index contributed by atoms with van der Waals surface area (Å²) in [5.74, 6) is -1.61. The van der Waals surface area contributed by atoms with E-state index in [2.05, 4.69) is 0 Å². The van der Waals surface area contributed by atoms with Crippen molar-refractivity contribution >= 4 is 11.9 Å². The standard InChI is InChI=1S/C18H23FN2O4/c1-20-11-18(10-14(20)17(23)24)6-8-21(9-7-18)16(22)12-4-3-5-13(19)15(12)25-2/h3-5,14H,6-11H2,1-2H3,(H,23,24). The lowest BCUT2D eigenvalue weighted by Crippen LogP contribution is -2.44. The minimum atomic E-state index is -0.789. The van der Waals surface area contributed by atoms with Crippen LogP contribution in [0.25, 0.3) is 0 Å². The highest BCUT2D eigenvalue weighted by Crippen LogP contribution is 2.43. The number of halogens is 1. The summed E-state index contributed by atoms with van der Waals surface area (Å²) < 4.78 is 18.9. The van der Waals surface area contributed by atoms with E-state index >= 15 is 0 Å². The van der Waals surface area contributed by atoms with Crippen molar-refractivity contribution in [2.75, 3.05) is 33.8 Å². The number of carbonyl (C=O) groups is 2. The molecule has 6 nitrogen and oxygen atoms in total. The van der Waals surface area contributed by atoms with Crippen molar-refractivity contribution in [1.82, 2.24) is 9.80 Å². The largest absolute Gasteiger partial charge is 0.493 e. The summed E-state index contributed by atoms with van der Waals surface area (Å²) in [7, 11) is 3.18. The van der Waals surface area contributed by atoms with Gasteiger partial charge in [0.2, 0.25) is 0 Å². The number of carboxylic acids is 1. The first kappa shape index (κ1) is 17.7. The van der Waals surface area contributed by atoms with Crippen molar-refractivity contribution in [2.24, 2.45) is 5.41 Å². The maximum Gasteiger partial charge on any atom is 0.320 e. The molecule has 25 heavy (non-hydrogen) atoms. The van der Waals surface area contributed by atoms with Gasteiger partial charge >= 0.3 is 5.97 Å². The second kappa shape index (κ2) is 6.63. The number of aliphatic carboxylic acids is 1. The minimum Gasteiger partial charge on any atom is -0.493 e. The van der Waals surface area contributed by atoms with E-state index in [-0.39, 0.29) is 22.6 Å². The molecule has 136 valence electrons. The molecule has 1 aromatic rings. The van der Waals surface area contributed by atoms with E-state index in [4.69, 9.17) is 4.74 Å². The fraction of sp³-hybridized carbons (Fsp3) is 0.556. The van der Waals surface area contributed by atoms with Gasteiger partial charge in [0, 0.05) is 19.6 Å². The fourth-order valence-electron chi connectivity index (χ4n) is 4.15. The highest BCUT2D eigenvalue weighted by atomic mass is 19.1. The van der Waals surface area contributed by atoms with Gasteiger partial charge in [-0.15, -0.1) is 0 Å². The van der Waals surface area contributed by atoms with Crippen LogP contribution in [0.5, 0.6) is 5.75 Å². The first-order chi connectivity index (χ1) is 11.9. The second-order valence-electron chi connectivity index (χ2n) is 7.09. The molecule has 0 saturated carbocycles. The molecule has 1 N–H and O–H groups in total. The van der Waals surface area contributed by atoms with Crippen LogP contribution in [-0.4, -0.2) is 66.6 Å². The highest BCUT2D eigenvalue weighted by molar-refractivity contribution is 5.97. The SMILES string of the molecule is COc1c(F)cccc1C(=O)N1CCC2(CC1)CC(C(=O)O)N(C)C2. The Balaban J connectivity index is 1.70. The Labute approximate surface area is 146 Å². The zero-order valence-corrected chi connectivity index (χ0v) is 14.5. The number of likely N-dealkylation sites (tertiary alicyclic amines) is 2. The number of carbonyl (C=O) groups excluding carboxylic acids is 1. The number of rotatable bonds is 3. The molecule has 0 radical (unpaired) electrons. The summed E-state index contributed by atoms with van der Waals surface area (Å²) >= 11 is 0. The Hall–Kier alpha value is -2.15. The number of likely N-dealkylation sites (N-methyl/N-ethyl adjacent to an activating group) is 1. The number of amides is 1. The average Bonchev–Trinajstić information content (AvgIpc) is 2.91. The van der Waals surface area contributed by atoms with Crippen LogP contribution in [0, 0.1) is 11.2 Å². The number of hydrogen-bond acceptors (Lipinski definition) is 4. The molecule has 0 aliphatic carbocycles. The van der Waals surface area contributed by atoms with Crippen LogP contribution in [0.1, 0.15) is 29.6 Å². The van der Waals surface area contributed by atoms with Gasteiger partial charge in [0.05, 0.1) is 12.7 Å². The van der Waals surface area contributed by atoms with Gasteiger partial charge in [-0.1, -0.05) is 6.07 Å². The third kappa shape index (κ3) is 3.20. The number of piperidine rings is 1. The third-order valence-corrected chi connectivity index (χ3v) is 5.54. The van der Waals surface area contributed by atoms with E-state index < -0.39 is 17.8 Å². The zero-order chi connectivity index (χ0) is 18.2. The first-order valence-corrected chi connectivity index (χ1v) is 8.42. The zero-order valence-electron chi connectivity index (χ0n) is 14.5. The van der Waals surface area contributed by atoms with E-state index in [0.29, 0.717) is 19.5 Å². The molecule has 0 aromatic heterocycles. The maximum atomic E-state index is 13.8. The number of hydrogen-bond donors (Lipinski definition) is 1. The van der Waals surface area contributed by atoms with Crippen LogP contribution in [0.15, 0.2) is 18.2 Å². The van der Waals surface area contributed by atoms with Crippen LogP contribution in [0.3, 0.4) is 0 Å². The Morgan fingerprint density at radius 3 is 2.56 bits per heavy atom. The molecule has 1 spiro atoms. The molecule has 2 saturated heterocycles. The van der Waals surface area contributed by atoms with Crippen molar-refractivity contribution in [3.05, 3.63) is 29.6 Å². The molecule has 2 fully saturated rings. The van der Waals surface area contributed by atoms with Crippen molar-refractivity contribution in [1.29, 1.82) is 0 Å². The van der Waals surface area contributed by atoms with Gasteiger partial charge in [-0.2, -0.15) is 0 Å². The van der Waals surface area contributed by atoms with Crippen molar-refractivity contribution in [2.45, 2.75) is 25.3 Å². The quantitative estimate of drug-likeness (QED) is 0.901. The molecule has 0 bridgehead atoms. The lowest BCUT2D eigenvalue weighted by Gasteiger charge is -2.39. The van der Waals surface area contributed by atoms with Crippen LogP contribution in [0.2, 0.25) is 0 Å². The Morgan fingerprint density at radius 1 is 1.32 bits per heavy atom. The van der Waals surface area contributed by atoms with Gasteiger partial charge in [0.1, 0.15) is 6.04 Å². The third-order valence-electron chi connectivity index (χ3n) is 5.54. The Kier molecular flexibility index (Phi) is 4.69. The molecule has 2 aliphatic heterocycles.